The number of amides is 2. The molecule has 1 N–H and O–H groups in total. The van der Waals surface area contributed by atoms with Gasteiger partial charge in [-0.15, -0.1) is 0 Å². The third-order valence-electron chi connectivity index (χ3n) is 4.89. The largest absolute Gasteiger partial charge is 0.322 e. The predicted molar refractivity (Wildman–Crippen MR) is 96.3 cm³/mol. The molecule has 2 bridgehead atoms. The first-order chi connectivity index (χ1) is 12.4. The van der Waals surface area contributed by atoms with Gasteiger partial charge >= 0.3 is 6.03 Å². The normalized spacial score (nSPS) is 20.9. The van der Waals surface area contributed by atoms with Gasteiger partial charge in [-0.3, -0.25) is 0 Å². The van der Waals surface area contributed by atoms with Crippen LogP contribution in [0.3, 0.4) is 0 Å². The zero-order valence-corrected chi connectivity index (χ0v) is 14.9. The van der Waals surface area contributed by atoms with Crippen LogP contribution in [0.25, 0.3) is 5.57 Å². The van der Waals surface area contributed by atoms with E-state index in [9.17, 15) is 13.6 Å². The van der Waals surface area contributed by atoms with Crippen LogP contribution in [0.1, 0.15) is 30.0 Å². The van der Waals surface area contributed by atoms with E-state index in [4.69, 9.17) is 23.2 Å². The highest BCUT2D eigenvalue weighted by Crippen LogP contribution is 2.49. The Morgan fingerprint density at radius 3 is 2.69 bits per heavy atom. The molecule has 3 heterocycles. The molecule has 0 radical (unpaired) electrons. The molecule has 0 spiro atoms. The first kappa shape index (κ1) is 17.2. The number of urea groups is 1. The van der Waals surface area contributed by atoms with Gasteiger partial charge in [0.1, 0.15) is 5.82 Å². The fraction of sp³-hybridized carbons (Fsp3) is 0.222. The van der Waals surface area contributed by atoms with Gasteiger partial charge in [0, 0.05) is 11.8 Å². The Balaban J connectivity index is 1.69. The minimum atomic E-state index is -0.704. The predicted octanol–water partition coefficient (Wildman–Crippen LogP) is 5.43. The van der Waals surface area contributed by atoms with E-state index in [2.05, 4.69) is 16.9 Å². The van der Waals surface area contributed by atoms with Crippen LogP contribution in [0.15, 0.2) is 31.0 Å². The molecular formula is C18H13Cl2F2N3O. The maximum Gasteiger partial charge on any atom is 0.322 e. The fourth-order valence-corrected chi connectivity index (χ4v) is 4.06. The number of pyridine rings is 1. The summed E-state index contributed by atoms with van der Waals surface area (Å²) in [6, 6.07) is 2.68. The van der Waals surface area contributed by atoms with Crippen molar-refractivity contribution < 1.29 is 13.6 Å². The van der Waals surface area contributed by atoms with Crippen LogP contribution in [0.4, 0.5) is 19.3 Å². The topological polar surface area (TPSA) is 45.2 Å². The van der Waals surface area contributed by atoms with Gasteiger partial charge in [-0.2, -0.15) is 4.39 Å². The Labute approximate surface area is 158 Å². The van der Waals surface area contributed by atoms with E-state index in [0.29, 0.717) is 29.5 Å². The minimum Gasteiger partial charge on any atom is -0.310 e. The zero-order valence-electron chi connectivity index (χ0n) is 13.4. The molecule has 2 atom stereocenters. The number of benzene rings is 1. The average molecular weight is 396 g/mol. The lowest BCUT2D eigenvalue weighted by Gasteiger charge is -2.37. The van der Waals surface area contributed by atoms with E-state index < -0.39 is 23.8 Å². The second kappa shape index (κ2) is 6.21. The molecule has 2 amide bonds. The highest BCUT2D eigenvalue weighted by Gasteiger charge is 2.46. The van der Waals surface area contributed by atoms with Gasteiger partial charge in [-0.05, 0) is 42.2 Å². The van der Waals surface area contributed by atoms with E-state index >= 15 is 0 Å². The van der Waals surface area contributed by atoms with Crippen LogP contribution in [-0.2, 0) is 0 Å². The van der Waals surface area contributed by atoms with Gasteiger partial charge in [0.2, 0.25) is 5.95 Å². The lowest BCUT2D eigenvalue weighted by molar-refractivity contribution is 0.193. The van der Waals surface area contributed by atoms with Crippen molar-refractivity contribution in [1.29, 1.82) is 0 Å². The molecule has 2 aliphatic rings. The molecule has 8 heteroatoms. The van der Waals surface area contributed by atoms with Gasteiger partial charge in [-0.1, -0.05) is 29.8 Å². The first-order valence-corrected chi connectivity index (χ1v) is 8.71. The van der Waals surface area contributed by atoms with E-state index in [1.54, 1.807) is 6.07 Å². The molecule has 1 aromatic heterocycles. The van der Waals surface area contributed by atoms with Crippen molar-refractivity contribution in [2.24, 2.45) is 0 Å². The molecule has 1 aromatic carbocycles. The summed E-state index contributed by atoms with van der Waals surface area (Å²) >= 11 is 11.7. The van der Waals surface area contributed by atoms with Crippen molar-refractivity contribution in [3.63, 3.8) is 0 Å². The number of carbonyl (C=O) groups is 1. The fourth-order valence-electron chi connectivity index (χ4n) is 3.74. The van der Waals surface area contributed by atoms with Crippen molar-refractivity contribution >= 4 is 40.5 Å². The van der Waals surface area contributed by atoms with Gasteiger partial charge in [0.25, 0.3) is 0 Å². The monoisotopic (exact) mass is 395 g/mol. The van der Waals surface area contributed by atoms with E-state index in [1.807, 2.05) is 0 Å². The molecule has 4 rings (SSSR count). The molecule has 134 valence electrons. The highest BCUT2D eigenvalue weighted by molar-refractivity contribution is 6.42. The summed E-state index contributed by atoms with van der Waals surface area (Å²) in [4.78, 5) is 18.0. The molecule has 2 unspecified atom stereocenters. The molecule has 2 aromatic rings. The Bertz CT molecular complexity index is 950. The summed E-state index contributed by atoms with van der Waals surface area (Å²) in [5.74, 6) is -1.32. The number of halogens is 4. The number of hydrogen-bond donors (Lipinski definition) is 1. The smallest absolute Gasteiger partial charge is 0.310 e. The number of aromatic nitrogens is 1. The summed E-state index contributed by atoms with van der Waals surface area (Å²) in [6.45, 7) is 4.03. The van der Waals surface area contributed by atoms with Crippen LogP contribution in [0.2, 0.25) is 10.0 Å². The second-order valence-electron chi connectivity index (χ2n) is 6.28. The molecule has 0 aliphatic carbocycles. The maximum atomic E-state index is 14.3. The molecule has 26 heavy (non-hydrogen) atoms. The SMILES string of the molecule is C=C1c2ccnc(F)c2C2CCC1N2C(=O)Nc1cc(Cl)c(Cl)cc1F. The summed E-state index contributed by atoms with van der Waals surface area (Å²) < 4.78 is 28.4. The first-order valence-electron chi connectivity index (χ1n) is 7.96. The molecule has 1 saturated heterocycles. The number of anilines is 1. The van der Waals surface area contributed by atoms with Crippen LogP contribution in [0.5, 0.6) is 0 Å². The van der Waals surface area contributed by atoms with Gasteiger partial charge < -0.3 is 10.2 Å². The van der Waals surface area contributed by atoms with Crippen LogP contribution in [-0.4, -0.2) is 22.0 Å². The number of rotatable bonds is 1. The Morgan fingerprint density at radius 1 is 1.23 bits per heavy atom. The van der Waals surface area contributed by atoms with Crippen LogP contribution in [0, 0.1) is 11.8 Å². The maximum absolute atomic E-state index is 14.3. The van der Waals surface area contributed by atoms with Gasteiger partial charge in [0.15, 0.2) is 0 Å². The molecule has 4 nitrogen and oxygen atoms in total. The second-order valence-corrected chi connectivity index (χ2v) is 7.10. The standard InChI is InChI=1S/C18H13Cl2F2N3O/c1-8-9-4-5-23-17(22)16(9)15-3-2-14(8)25(15)18(26)24-13-7-11(20)10(19)6-12(13)21/h4-7,14-15H,1-3H2,(H,24,26). The highest BCUT2D eigenvalue weighted by atomic mass is 35.5. The van der Waals surface area contributed by atoms with Crippen molar-refractivity contribution in [3.8, 4) is 0 Å². The van der Waals surface area contributed by atoms with E-state index in [1.165, 1.54) is 17.2 Å². The third-order valence-corrected chi connectivity index (χ3v) is 5.62. The third kappa shape index (κ3) is 2.56. The Hall–Kier alpha value is -2.18. The molecule has 2 aliphatic heterocycles. The van der Waals surface area contributed by atoms with E-state index in [-0.39, 0.29) is 21.8 Å². The zero-order chi connectivity index (χ0) is 18.6. The van der Waals surface area contributed by atoms with Crippen molar-refractivity contribution in [2.75, 3.05) is 5.32 Å². The Morgan fingerprint density at radius 2 is 1.92 bits per heavy atom. The summed E-state index contributed by atoms with van der Waals surface area (Å²) in [5, 5.41) is 2.68. The number of carbonyl (C=O) groups excluding carboxylic acids is 1. The van der Waals surface area contributed by atoms with Crippen LogP contribution >= 0.6 is 23.2 Å². The minimum absolute atomic E-state index is 0.0515. The molecule has 1 fully saturated rings. The number of nitrogens with one attached hydrogen (secondary N) is 1. The van der Waals surface area contributed by atoms with Gasteiger partial charge in [-0.25, -0.2) is 14.2 Å². The average Bonchev–Trinajstić information content (AvgIpc) is 2.97. The number of fused-ring (bicyclic) bond motifs is 4. The Kier molecular flexibility index (Phi) is 4.12. The summed E-state index contributed by atoms with van der Waals surface area (Å²) in [6.07, 6.45) is 2.62. The molecule has 0 saturated carbocycles. The lowest BCUT2D eigenvalue weighted by Crippen LogP contribution is -2.44. The summed E-state index contributed by atoms with van der Waals surface area (Å²) in [5.41, 5.74) is 1.61. The van der Waals surface area contributed by atoms with Crippen molar-refractivity contribution in [2.45, 2.75) is 24.9 Å². The van der Waals surface area contributed by atoms with Crippen molar-refractivity contribution in [3.05, 3.63) is 63.9 Å². The number of hydrogen-bond acceptors (Lipinski definition) is 2. The molecular weight excluding hydrogens is 383 g/mol. The van der Waals surface area contributed by atoms with Gasteiger partial charge in [0.05, 0.1) is 27.8 Å². The van der Waals surface area contributed by atoms with Crippen molar-refractivity contribution in [1.82, 2.24) is 9.88 Å². The number of nitrogens with zero attached hydrogens (tertiary/aromatic N) is 2. The van der Waals surface area contributed by atoms with Crippen LogP contribution < -0.4 is 5.32 Å². The quantitative estimate of drug-likeness (QED) is 0.516. The summed E-state index contributed by atoms with van der Waals surface area (Å²) in [7, 11) is 0. The lowest BCUT2D eigenvalue weighted by atomic mass is 9.91. The van der Waals surface area contributed by atoms with E-state index in [0.717, 1.165) is 6.07 Å².